The van der Waals surface area contributed by atoms with Crippen molar-refractivity contribution in [1.82, 2.24) is 4.98 Å². The average Bonchev–Trinajstić information content (AvgIpc) is 2.62. The molecule has 0 aliphatic heterocycles. The molecule has 0 atom stereocenters. The van der Waals surface area contributed by atoms with Crippen molar-refractivity contribution in [1.29, 1.82) is 0 Å². The van der Waals surface area contributed by atoms with Crippen molar-refractivity contribution < 1.29 is 4.79 Å². The van der Waals surface area contributed by atoms with Crippen LogP contribution in [-0.4, -0.2) is 25.0 Å². The topological polar surface area (TPSA) is 57.3 Å². The second-order valence-electron chi connectivity index (χ2n) is 5.96. The Morgan fingerprint density at radius 3 is 2.46 bits per heavy atom. The van der Waals surface area contributed by atoms with Gasteiger partial charge in [-0.3, -0.25) is 4.79 Å². The van der Waals surface area contributed by atoms with E-state index < -0.39 is 0 Å². The molecule has 0 aliphatic carbocycles. The molecule has 1 heterocycles. The molecule has 2 N–H and O–H groups in total. The lowest BCUT2D eigenvalue weighted by Crippen LogP contribution is -2.12. The van der Waals surface area contributed by atoms with Crippen LogP contribution in [0.4, 0.5) is 22.9 Å². The standard InChI is InChI=1S/C20H19ClN4O/c1-25(2)18-8-6-16(7-9-18)23-19-12-14(10-11-22-19)20(26)24-17-5-3-4-15(21)13-17/h3-13H,1-2H3,(H,22,23)(H,24,26). The number of aromatic nitrogens is 1. The molecule has 2 aromatic carbocycles. The van der Waals surface area contributed by atoms with E-state index in [1.54, 1.807) is 42.6 Å². The maximum absolute atomic E-state index is 12.4. The zero-order valence-electron chi connectivity index (χ0n) is 14.5. The van der Waals surface area contributed by atoms with Crippen LogP contribution in [-0.2, 0) is 0 Å². The SMILES string of the molecule is CN(C)c1ccc(Nc2cc(C(=O)Nc3cccc(Cl)c3)ccn2)cc1. The van der Waals surface area contributed by atoms with Crippen LogP contribution in [0.15, 0.2) is 66.9 Å². The molecule has 0 saturated heterocycles. The van der Waals surface area contributed by atoms with Crippen molar-refractivity contribution in [2.45, 2.75) is 0 Å². The number of halogens is 1. The van der Waals surface area contributed by atoms with E-state index in [-0.39, 0.29) is 5.91 Å². The third kappa shape index (κ3) is 4.52. The smallest absolute Gasteiger partial charge is 0.255 e. The molecule has 0 spiro atoms. The van der Waals surface area contributed by atoms with Gasteiger partial charge in [-0.1, -0.05) is 17.7 Å². The van der Waals surface area contributed by atoms with Crippen molar-refractivity contribution in [2.24, 2.45) is 0 Å². The van der Waals surface area contributed by atoms with Crippen molar-refractivity contribution in [3.05, 3.63) is 77.4 Å². The summed E-state index contributed by atoms with van der Waals surface area (Å²) >= 11 is 5.95. The van der Waals surface area contributed by atoms with Gasteiger partial charge >= 0.3 is 0 Å². The Hall–Kier alpha value is -3.05. The van der Waals surface area contributed by atoms with Gasteiger partial charge in [0.1, 0.15) is 5.82 Å². The number of hydrogen-bond acceptors (Lipinski definition) is 4. The van der Waals surface area contributed by atoms with Gasteiger partial charge in [0.25, 0.3) is 5.91 Å². The Balaban J connectivity index is 1.72. The minimum atomic E-state index is -0.222. The molecule has 26 heavy (non-hydrogen) atoms. The summed E-state index contributed by atoms with van der Waals surface area (Å²) in [5.74, 6) is 0.377. The molecular formula is C20H19ClN4O. The first-order valence-electron chi connectivity index (χ1n) is 8.09. The van der Waals surface area contributed by atoms with Crippen LogP contribution in [0.3, 0.4) is 0 Å². The summed E-state index contributed by atoms with van der Waals surface area (Å²) in [6, 6.07) is 18.4. The highest BCUT2D eigenvalue weighted by Crippen LogP contribution is 2.20. The Bertz CT molecular complexity index is 910. The van der Waals surface area contributed by atoms with E-state index in [1.807, 2.05) is 43.3 Å². The van der Waals surface area contributed by atoms with Gasteiger partial charge in [0.05, 0.1) is 0 Å². The lowest BCUT2D eigenvalue weighted by Gasteiger charge is -2.13. The third-order valence-corrected chi connectivity index (χ3v) is 4.00. The maximum atomic E-state index is 12.4. The highest BCUT2D eigenvalue weighted by molar-refractivity contribution is 6.31. The molecule has 5 nitrogen and oxygen atoms in total. The quantitative estimate of drug-likeness (QED) is 0.681. The highest BCUT2D eigenvalue weighted by Gasteiger charge is 2.08. The van der Waals surface area contributed by atoms with Crippen molar-refractivity contribution >= 4 is 40.4 Å². The molecule has 3 rings (SSSR count). The number of hydrogen-bond donors (Lipinski definition) is 2. The molecule has 0 bridgehead atoms. The summed E-state index contributed by atoms with van der Waals surface area (Å²) in [7, 11) is 3.98. The maximum Gasteiger partial charge on any atom is 0.255 e. The number of anilines is 4. The summed E-state index contributed by atoms with van der Waals surface area (Å²) in [5, 5.41) is 6.60. The van der Waals surface area contributed by atoms with E-state index in [4.69, 9.17) is 11.6 Å². The summed E-state index contributed by atoms with van der Waals surface area (Å²) in [4.78, 5) is 18.7. The number of rotatable bonds is 5. The molecule has 3 aromatic rings. The lowest BCUT2D eigenvalue weighted by molar-refractivity contribution is 0.102. The Morgan fingerprint density at radius 1 is 1.00 bits per heavy atom. The predicted octanol–water partition coefficient (Wildman–Crippen LogP) is 4.80. The minimum Gasteiger partial charge on any atom is -0.378 e. The van der Waals surface area contributed by atoms with Gasteiger partial charge in [0.15, 0.2) is 0 Å². The zero-order chi connectivity index (χ0) is 18.5. The van der Waals surface area contributed by atoms with Gasteiger partial charge in [-0.25, -0.2) is 4.98 Å². The average molecular weight is 367 g/mol. The van der Waals surface area contributed by atoms with Gasteiger partial charge < -0.3 is 15.5 Å². The molecule has 0 radical (unpaired) electrons. The fraction of sp³-hybridized carbons (Fsp3) is 0.100. The van der Waals surface area contributed by atoms with E-state index in [9.17, 15) is 4.79 Å². The lowest BCUT2D eigenvalue weighted by atomic mass is 10.2. The second kappa shape index (κ2) is 7.89. The monoisotopic (exact) mass is 366 g/mol. The summed E-state index contributed by atoms with van der Waals surface area (Å²) in [5.41, 5.74) is 3.16. The van der Waals surface area contributed by atoms with Gasteiger partial charge in [-0.05, 0) is 54.6 Å². The molecule has 0 saturated carbocycles. The fourth-order valence-corrected chi connectivity index (χ4v) is 2.59. The Labute approximate surface area is 157 Å². The number of pyridine rings is 1. The van der Waals surface area contributed by atoms with E-state index >= 15 is 0 Å². The molecule has 132 valence electrons. The fourth-order valence-electron chi connectivity index (χ4n) is 2.40. The Morgan fingerprint density at radius 2 is 1.77 bits per heavy atom. The summed E-state index contributed by atoms with van der Waals surface area (Å²) < 4.78 is 0. The van der Waals surface area contributed by atoms with Crippen LogP contribution in [0.1, 0.15) is 10.4 Å². The largest absolute Gasteiger partial charge is 0.378 e. The van der Waals surface area contributed by atoms with E-state index in [1.165, 1.54) is 0 Å². The van der Waals surface area contributed by atoms with Gasteiger partial charge in [0.2, 0.25) is 0 Å². The van der Waals surface area contributed by atoms with Gasteiger partial charge in [-0.2, -0.15) is 0 Å². The molecule has 0 unspecified atom stereocenters. The van der Waals surface area contributed by atoms with E-state index in [0.717, 1.165) is 11.4 Å². The van der Waals surface area contributed by atoms with Crippen LogP contribution >= 0.6 is 11.6 Å². The first-order chi connectivity index (χ1) is 12.5. The highest BCUT2D eigenvalue weighted by atomic mass is 35.5. The Kier molecular flexibility index (Phi) is 5.39. The number of carbonyl (C=O) groups is 1. The van der Waals surface area contributed by atoms with Crippen molar-refractivity contribution in [3.8, 4) is 0 Å². The molecule has 1 aromatic heterocycles. The molecule has 1 amide bonds. The second-order valence-corrected chi connectivity index (χ2v) is 6.40. The first kappa shape index (κ1) is 17.8. The molecule has 0 fully saturated rings. The van der Waals surface area contributed by atoms with Crippen LogP contribution in [0.2, 0.25) is 5.02 Å². The number of nitrogens with one attached hydrogen (secondary N) is 2. The molecule has 0 aliphatic rings. The van der Waals surface area contributed by atoms with E-state index in [0.29, 0.717) is 22.1 Å². The van der Waals surface area contributed by atoms with Crippen LogP contribution in [0, 0.1) is 0 Å². The number of nitrogens with zero attached hydrogens (tertiary/aromatic N) is 2. The van der Waals surface area contributed by atoms with Gasteiger partial charge in [-0.15, -0.1) is 0 Å². The van der Waals surface area contributed by atoms with Crippen LogP contribution < -0.4 is 15.5 Å². The van der Waals surface area contributed by atoms with Crippen molar-refractivity contribution in [2.75, 3.05) is 29.6 Å². The predicted molar refractivity (Wildman–Crippen MR) is 108 cm³/mol. The van der Waals surface area contributed by atoms with E-state index in [2.05, 4.69) is 15.6 Å². The number of carbonyl (C=O) groups excluding carboxylic acids is 1. The van der Waals surface area contributed by atoms with Crippen molar-refractivity contribution in [3.63, 3.8) is 0 Å². The van der Waals surface area contributed by atoms with Crippen LogP contribution in [0.5, 0.6) is 0 Å². The van der Waals surface area contributed by atoms with Gasteiger partial charge in [0, 0.05) is 47.9 Å². The third-order valence-electron chi connectivity index (χ3n) is 3.76. The molecular weight excluding hydrogens is 348 g/mol. The summed E-state index contributed by atoms with van der Waals surface area (Å²) in [6.07, 6.45) is 1.60. The first-order valence-corrected chi connectivity index (χ1v) is 8.46. The summed E-state index contributed by atoms with van der Waals surface area (Å²) in [6.45, 7) is 0. The number of benzene rings is 2. The van der Waals surface area contributed by atoms with Crippen LogP contribution in [0.25, 0.3) is 0 Å². The molecule has 6 heteroatoms. The normalized spacial score (nSPS) is 10.3. The minimum absolute atomic E-state index is 0.222. The zero-order valence-corrected chi connectivity index (χ0v) is 15.3. The number of amides is 1.